The molecule has 0 saturated heterocycles. The van der Waals surface area contributed by atoms with E-state index in [4.69, 9.17) is 38.6 Å². The summed E-state index contributed by atoms with van der Waals surface area (Å²) < 4.78 is 9.91. The van der Waals surface area contributed by atoms with Gasteiger partial charge in [0.05, 0.1) is 0 Å². The Balaban J connectivity index is 0.000000181. The fourth-order valence-corrected chi connectivity index (χ4v) is 13.8. The van der Waals surface area contributed by atoms with Gasteiger partial charge in [0.1, 0.15) is 0 Å². The van der Waals surface area contributed by atoms with Gasteiger partial charge >= 0.3 is 256 Å². The van der Waals surface area contributed by atoms with Crippen LogP contribution in [0, 0.1) is 0 Å². The first-order chi connectivity index (χ1) is 18.9. The van der Waals surface area contributed by atoms with Gasteiger partial charge in [-0.1, -0.05) is 0 Å². The molecule has 194 valence electrons. The second-order valence-electron chi connectivity index (χ2n) is 8.42. The molecule has 0 aliphatic heterocycles. The number of hydrogen-bond donors (Lipinski definition) is 0. The van der Waals surface area contributed by atoms with Gasteiger partial charge in [-0.05, 0) is 0 Å². The minimum absolute atomic E-state index is 0.829. The molecule has 2 nitrogen and oxygen atoms in total. The van der Waals surface area contributed by atoms with E-state index in [-0.39, 0.29) is 0 Å². The summed E-state index contributed by atoms with van der Waals surface area (Å²) in [6.45, 7) is 0. The van der Waals surface area contributed by atoms with E-state index in [0.29, 0.717) is 0 Å². The molecule has 0 atom stereocenters. The van der Waals surface area contributed by atoms with Crippen molar-refractivity contribution in [1.82, 2.24) is 0 Å². The summed E-state index contributed by atoms with van der Waals surface area (Å²) in [4.78, 5) is 11.8. The summed E-state index contributed by atoms with van der Waals surface area (Å²) in [6.07, 6.45) is 0. The molecular formula is C32H25Cl3Ge2O2. The van der Waals surface area contributed by atoms with E-state index in [1.165, 1.54) is 13.2 Å². The Kier molecular flexibility index (Phi) is 11.2. The summed E-state index contributed by atoms with van der Waals surface area (Å²) in [7, 11) is 0. The van der Waals surface area contributed by atoms with E-state index in [1.54, 1.807) is 0 Å². The number of halogens is 3. The van der Waals surface area contributed by atoms with Gasteiger partial charge in [-0.2, -0.15) is 0 Å². The molecule has 0 N–H and O–H groups in total. The summed E-state index contributed by atoms with van der Waals surface area (Å²) in [5.41, 5.74) is 0. The third-order valence-corrected chi connectivity index (χ3v) is 16.3. The normalized spacial score (nSPS) is 11.0. The molecule has 0 amide bonds. The van der Waals surface area contributed by atoms with Gasteiger partial charge in [0.25, 0.3) is 0 Å². The number of alkyl halides is 3. The molecule has 0 aliphatic carbocycles. The third-order valence-electron chi connectivity index (χ3n) is 5.69. The number of carbonyl (C=O) groups is 1. The van der Waals surface area contributed by atoms with Gasteiger partial charge in [-0.3, -0.25) is 0 Å². The van der Waals surface area contributed by atoms with E-state index in [0.717, 1.165) is 8.79 Å². The van der Waals surface area contributed by atoms with Gasteiger partial charge in [0, 0.05) is 0 Å². The van der Waals surface area contributed by atoms with Crippen LogP contribution in [0.5, 0.6) is 0 Å². The molecule has 0 aliphatic rings. The molecule has 5 rings (SSSR count). The van der Waals surface area contributed by atoms with Crippen molar-refractivity contribution in [2.45, 2.75) is 3.79 Å². The molecule has 7 heteroatoms. The molecule has 5 aromatic carbocycles. The van der Waals surface area contributed by atoms with Crippen LogP contribution in [0.1, 0.15) is 0 Å². The summed E-state index contributed by atoms with van der Waals surface area (Å²) >= 11 is 12.6. The molecule has 5 aromatic rings. The van der Waals surface area contributed by atoms with Crippen LogP contribution in [0.2, 0.25) is 0 Å². The van der Waals surface area contributed by atoms with Crippen LogP contribution in [0.25, 0.3) is 0 Å². The van der Waals surface area contributed by atoms with Gasteiger partial charge in [0.2, 0.25) is 0 Å². The van der Waals surface area contributed by atoms with E-state index >= 15 is 0 Å². The van der Waals surface area contributed by atoms with Gasteiger partial charge in [-0.15, -0.1) is 0 Å². The topological polar surface area (TPSA) is 26.3 Å². The maximum absolute atomic E-state index is 11.8. The van der Waals surface area contributed by atoms with Gasteiger partial charge in [0.15, 0.2) is 0 Å². The van der Waals surface area contributed by atoms with Crippen molar-refractivity contribution >= 4 is 91.8 Å². The Hall–Kier alpha value is -2.47. The van der Waals surface area contributed by atoms with Crippen LogP contribution in [0.4, 0.5) is 0 Å². The average molecular weight is 693 g/mol. The van der Waals surface area contributed by atoms with E-state index in [9.17, 15) is 4.79 Å². The molecule has 0 spiro atoms. The summed E-state index contributed by atoms with van der Waals surface area (Å²) in [6, 6.07) is 51.9. The van der Waals surface area contributed by atoms with E-state index in [1.807, 2.05) is 60.7 Å². The summed E-state index contributed by atoms with van der Waals surface area (Å²) in [5, 5.41) is 0. The van der Waals surface area contributed by atoms with Crippen LogP contribution in [0.15, 0.2) is 152 Å². The Bertz CT molecular complexity index is 1280. The Morgan fingerprint density at radius 2 is 0.718 bits per heavy atom. The van der Waals surface area contributed by atoms with Crippen molar-refractivity contribution in [2.24, 2.45) is 0 Å². The maximum atomic E-state index is 11.8. The van der Waals surface area contributed by atoms with Crippen LogP contribution in [-0.2, 0) is 8.56 Å². The van der Waals surface area contributed by atoms with Crippen molar-refractivity contribution in [1.29, 1.82) is 0 Å². The zero-order valence-corrected chi connectivity index (χ0v) is 27.3. The Morgan fingerprint density at radius 3 is 0.974 bits per heavy atom. The second kappa shape index (κ2) is 14.8. The molecule has 0 aromatic heterocycles. The predicted molar refractivity (Wildman–Crippen MR) is 168 cm³/mol. The van der Waals surface area contributed by atoms with Crippen LogP contribution < -0.4 is 22.0 Å². The Labute approximate surface area is 254 Å². The molecule has 0 saturated carbocycles. The van der Waals surface area contributed by atoms with Crippen molar-refractivity contribution < 1.29 is 8.56 Å². The van der Waals surface area contributed by atoms with Crippen molar-refractivity contribution in [3.05, 3.63) is 152 Å². The summed E-state index contributed by atoms with van der Waals surface area (Å²) in [5.74, 6) is -0.829. The first-order valence-corrected chi connectivity index (χ1v) is 19.5. The Morgan fingerprint density at radius 1 is 0.462 bits per heavy atom. The molecule has 0 unspecified atom stereocenters. The van der Waals surface area contributed by atoms with Crippen molar-refractivity contribution in [3.8, 4) is 0 Å². The number of carbonyl (C=O) groups excluding carboxylic acids is 1. The second-order valence-corrected chi connectivity index (χ2v) is 20.1. The quantitative estimate of drug-likeness (QED) is 0.187. The van der Waals surface area contributed by atoms with Crippen molar-refractivity contribution in [2.75, 3.05) is 0 Å². The zero-order valence-electron chi connectivity index (χ0n) is 20.9. The standard InChI is InChI=1S/C18H15Ge.C14H10Cl3GeO2/c1-4-10-16(11-5-1)19(17-12-6-2-7-13-17)18-14-8-3-9-15-18;15-14(16,17)13(19)20-18(11-7-3-1-4-8-11)12-9-5-2-6-10-12/h1-15H;1-10H. The molecule has 2 radical (unpaired) electrons. The van der Waals surface area contributed by atoms with E-state index < -0.39 is 38.8 Å². The molecule has 39 heavy (non-hydrogen) atoms. The molecule has 0 heterocycles. The molecule has 0 fully saturated rings. The fraction of sp³-hybridized carbons (Fsp3) is 0.0312. The molecular weight excluding hydrogens is 668 g/mol. The third kappa shape index (κ3) is 8.76. The van der Waals surface area contributed by atoms with E-state index in [2.05, 4.69) is 91.0 Å². The van der Waals surface area contributed by atoms with Crippen LogP contribution in [-0.4, -0.2) is 38.8 Å². The first-order valence-electron chi connectivity index (χ1n) is 12.2. The average Bonchev–Trinajstić information content (AvgIpc) is 2.98. The van der Waals surface area contributed by atoms with Gasteiger partial charge in [-0.25, -0.2) is 0 Å². The fourth-order valence-electron chi connectivity index (χ4n) is 3.93. The van der Waals surface area contributed by atoms with Crippen LogP contribution in [0.3, 0.4) is 0 Å². The van der Waals surface area contributed by atoms with Crippen molar-refractivity contribution in [3.63, 3.8) is 0 Å². The monoisotopic (exact) mass is 694 g/mol. The molecule has 0 bridgehead atoms. The zero-order chi connectivity index (χ0) is 27.5. The number of benzene rings is 5. The van der Waals surface area contributed by atoms with Gasteiger partial charge < -0.3 is 0 Å². The minimum atomic E-state index is -2.53. The van der Waals surface area contributed by atoms with Crippen LogP contribution >= 0.6 is 34.8 Å². The number of rotatable bonds is 6. The first kappa shape index (κ1) is 29.5. The SMILES string of the molecule is O=C([O][Ge]([c]1ccccc1)[c]1ccccc1)C(Cl)(Cl)Cl.c1cc[c]([Ge]([c]2ccccc2)[c]2ccccc2)cc1. The number of hydrogen-bond acceptors (Lipinski definition) is 2. The predicted octanol–water partition coefficient (Wildman–Crippen LogP) is 4.91.